The van der Waals surface area contributed by atoms with E-state index in [1.165, 1.54) is 57.6 Å². The van der Waals surface area contributed by atoms with Gasteiger partial charge in [0.05, 0.1) is 6.61 Å². The number of aromatic nitrogens is 7. The van der Waals surface area contributed by atoms with Crippen LogP contribution in [0.4, 0.5) is 4.39 Å². The molecular formula is C41H44FN7O8. The molecule has 2 atom stereocenters. The highest BCUT2D eigenvalue weighted by Gasteiger charge is 2.48. The van der Waals surface area contributed by atoms with Gasteiger partial charge in [0, 0.05) is 24.8 Å². The number of ether oxygens (including phenoxy) is 1. The highest BCUT2D eigenvalue weighted by molar-refractivity contribution is 5.76. The Morgan fingerprint density at radius 3 is 2.33 bits per heavy atom. The minimum Gasteiger partial charge on any atom is -0.465 e. The number of halogens is 1. The number of nitrogens with one attached hydrogen (secondary N) is 2. The van der Waals surface area contributed by atoms with Crippen molar-refractivity contribution in [3.05, 3.63) is 101 Å². The number of alkyl halides is 1. The number of fused-ring (bicyclic) bond motifs is 2. The molecule has 0 aliphatic heterocycles. The first kappa shape index (κ1) is 38.1. The van der Waals surface area contributed by atoms with Gasteiger partial charge in [0.1, 0.15) is 22.3 Å². The van der Waals surface area contributed by atoms with E-state index in [4.69, 9.17) is 18.1 Å². The Kier molecular flexibility index (Phi) is 10.9. The number of H-pyrrole nitrogens is 2. The quantitative estimate of drug-likeness (QED) is 0.113. The van der Waals surface area contributed by atoms with Gasteiger partial charge in [-0.3, -0.25) is 19.6 Å². The number of pyridine rings is 1. The molecule has 3 fully saturated rings. The van der Waals surface area contributed by atoms with E-state index in [0.29, 0.717) is 77.5 Å². The maximum absolute atomic E-state index is 13.4. The summed E-state index contributed by atoms with van der Waals surface area (Å²) in [6.45, 7) is 1.60. The van der Waals surface area contributed by atoms with Crippen LogP contribution < -0.4 is 27.1 Å². The fourth-order valence-corrected chi connectivity index (χ4v) is 7.84. The van der Waals surface area contributed by atoms with Gasteiger partial charge in [0.2, 0.25) is 11.4 Å². The Balaban J connectivity index is 0.000000172. The molecule has 298 valence electrons. The fourth-order valence-electron chi connectivity index (χ4n) is 7.84. The minimum absolute atomic E-state index is 0.0153. The minimum atomic E-state index is -1.43. The van der Waals surface area contributed by atoms with Crippen molar-refractivity contribution in [3.63, 3.8) is 0 Å². The van der Waals surface area contributed by atoms with Crippen molar-refractivity contribution in [3.8, 4) is 17.6 Å². The molecule has 2 N–H and O–H groups in total. The molecule has 6 aromatic heterocycles. The molecule has 9 rings (SSSR count). The molecule has 1 spiro atoms. The summed E-state index contributed by atoms with van der Waals surface area (Å²) in [5.74, 6) is 2.15. The van der Waals surface area contributed by atoms with Crippen LogP contribution in [-0.4, -0.2) is 41.7 Å². The van der Waals surface area contributed by atoms with Gasteiger partial charge in [-0.15, -0.1) is 0 Å². The first-order valence-electron chi connectivity index (χ1n) is 19.8. The first-order chi connectivity index (χ1) is 27.6. The van der Waals surface area contributed by atoms with Gasteiger partial charge in [0.15, 0.2) is 12.0 Å². The summed E-state index contributed by atoms with van der Waals surface area (Å²) in [6.07, 6.45) is 14.4. The lowest BCUT2D eigenvalue weighted by Gasteiger charge is -2.11. The van der Waals surface area contributed by atoms with Gasteiger partial charge in [-0.1, -0.05) is 30.5 Å². The molecule has 1 unspecified atom stereocenters. The molecule has 3 aliphatic carbocycles. The van der Waals surface area contributed by atoms with Crippen molar-refractivity contribution in [1.29, 1.82) is 0 Å². The third kappa shape index (κ3) is 9.26. The Morgan fingerprint density at radius 1 is 0.860 bits per heavy atom. The Morgan fingerprint density at radius 2 is 1.61 bits per heavy atom. The lowest BCUT2D eigenvalue weighted by atomic mass is 9.95. The van der Waals surface area contributed by atoms with Gasteiger partial charge in [-0.05, 0) is 112 Å². The number of rotatable bonds is 14. The molecule has 0 amide bonds. The smallest absolute Gasteiger partial charge is 0.337 e. The fraction of sp³-hybridized carbons (Fsp3) is 0.488. The van der Waals surface area contributed by atoms with Crippen LogP contribution in [0, 0.1) is 17.3 Å². The normalized spacial score (nSPS) is 17.5. The molecule has 3 aliphatic rings. The predicted molar refractivity (Wildman–Crippen MR) is 206 cm³/mol. The summed E-state index contributed by atoms with van der Waals surface area (Å²) in [7, 11) is 0. The average molecular weight is 782 g/mol. The first-order valence-corrected chi connectivity index (χ1v) is 19.8. The van der Waals surface area contributed by atoms with Crippen molar-refractivity contribution >= 4 is 22.2 Å². The van der Waals surface area contributed by atoms with Gasteiger partial charge >= 0.3 is 11.3 Å². The van der Waals surface area contributed by atoms with Crippen LogP contribution in [0.2, 0.25) is 0 Å². The summed E-state index contributed by atoms with van der Waals surface area (Å²) in [5, 5.41) is 4.58. The summed E-state index contributed by atoms with van der Waals surface area (Å²) in [5.41, 5.74) is 0.631. The van der Waals surface area contributed by atoms with Crippen LogP contribution in [0.25, 0.3) is 33.8 Å². The monoisotopic (exact) mass is 781 g/mol. The number of unbranched alkanes of at least 4 members (excludes halogenated alkanes) is 1. The second-order valence-electron chi connectivity index (χ2n) is 15.7. The summed E-state index contributed by atoms with van der Waals surface area (Å²) in [4.78, 5) is 70.6. The molecular weight excluding hydrogens is 737 g/mol. The maximum atomic E-state index is 13.4. The van der Waals surface area contributed by atoms with E-state index in [-0.39, 0.29) is 34.2 Å². The Hall–Kier alpha value is -5.80. The molecule has 0 bridgehead atoms. The molecule has 0 radical (unpaired) electrons. The highest BCUT2D eigenvalue weighted by Crippen LogP contribution is 2.60. The van der Waals surface area contributed by atoms with Crippen molar-refractivity contribution < 1.29 is 22.5 Å². The van der Waals surface area contributed by atoms with E-state index in [1.807, 2.05) is 18.2 Å². The molecule has 0 saturated heterocycles. The summed E-state index contributed by atoms with van der Waals surface area (Å²) >= 11 is 0. The van der Waals surface area contributed by atoms with Crippen molar-refractivity contribution in [2.75, 3.05) is 6.61 Å². The second-order valence-corrected chi connectivity index (χ2v) is 15.7. The summed E-state index contributed by atoms with van der Waals surface area (Å²) in [6, 6.07) is 8.30. The number of hydrogen-bond donors (Lipinski definition) is 2. The molecule has 0 aromatic carbocycles. The van der Waals surface area contributed by atoms with Gasteiger partial charge in [0.25, 0.3) is 23.0 Å². The number of nitrogens with zero attached hydrogens (tertiary/aromatic N) is 5. The standard InChI is InChI=1S/C24H25N5O5.C17H19FN2O3/c30-19-14-16(7-5-6-15-10-11-15)20-21(31)27-24(28-23(20)33-19)32-13-4-2-9-18-26-22(34-29-18)17-8-1-3-12-25-17;1-9(18)14-19-15(22)13-11(7-12(21)23-16(13)20-14)6-10-2-3-17(8-10)4-5-17/h1,3,8,12,14-15H,2,4-7,9-11,13H2,(H,27,28,31);7,9-10H,2-6,8H2,1H3,(H,19,20,22)/t;9?,10-/m.0/s1. The molecule has 57 heavy (non-hydrogen) atoms. The molecule has 16 heteroatoms. The van der Waals surface area contributed by atoms with E-state index < -0.39 is 23.0 Å². The lowest BCUT2D eigenvalue weighted by molar-refractivity contribution is 0.281. The zero-order chi connectivity index (χ0) is 39.5. The maximum Gasteiger partial charge on any atom is 0.337 e. The van der Waals surface area contributed by atoms with Gasteiger partial charge in [-0.2, -0.15) is 15.0 Å². The zero-order valence-electron chi connectivity index (χ0n) is 31.7. The zero-order valence-corrected chi connectivity index (χ0v) is 31.7. The van der Waals surface area contributed by atoms with E-state index in [1.54, 1.807) is 6.20 Å². The van der Waals surface area contributed by atoms with Crippen LogP contribution >= 0.6 is 0 Å². The van der Waals surface area contributed by atoms with Gasteiger partial charge in [-0.25, -0.2) is 14.0 Å². The largest absolute Gasteiger partial charge is 0.465 e. The average Bonchev–Trinajstić information content (AvgIpc) is 4.07. The van der Waals surface area contributed by atoms with Crippen LogP contribution in [0.3, 0.4) is 0 Å². The van der Waals surface area contributed by atoms with Gasteiger partial charge < -0.3 is 23.1 Å². The van der Waals surface area contributed by atoms with Crippen LogP contribution in [0.5, 0.6) is 6.01 Å². The second kappa shape index (κ2) is 16.4. The summed E-state index contributed by atoms with van der Waals surface area (Å²) < 4.78 is 34.5. The van der Waals surface area contributed by atoms with E-state index in [2.05, 4.69) is 35.1 Å². The van der Waals surface area contributed by atoms with E-state index in [9.17, 15) is 23.6 Å². The number of aromatic amines is 2. The van der Waals surface area contributed by atoms with Crippen LogP contribution in [-0.2, 0) is 19.3 Å². The Labute approximate surface area is 324 Å². The number of aryl methyl sites for hydroxylation is 2. The van der Waals surface area contributed by atoms with E-state index in [0.717, 1.165) is 31.6 Å². The van der Waals surface area contributed by atoms with E-state index >= 15 is 0 Å². The highest BCUT2D eigenvalue weighted by atomic mass is 19.1. The molecule has 15 nitrogen and oxygen atoms in total. The molecule has 6 aromatic rings. The topological polar surface area (TPSA) is 213 Å². The van der Waals surface area contributed by atoms with Crippen LogP contribution in [0.1, 0.15) is 107 Å². The number of hydrogen-bond acceptors (Lipinski definition) is 13. The van der Waals surface area contributed by atoms with Crippen molar-refractivity contribution in [1.82, 2.24) is 35.1 Å². The third-order valence-electron chi connectivity index (χ3n) is 11.2. The Bertz CT molecular complexity index is 2610. The van der Waals surface area contributed by atoms with Crippen molar-refractivity contribution in [2.24, 2.45) is 17.3 Å². The SMILES string of the molecule is CC(F)c1nc2oc(=O)cc(C[C@@H]3CCC4(CC4)C3)c2c(=O)[nH]1.O=c1cc(CCCC2CC2)c2c(=O)[nH]c(OCCCCc3noc(-c4ccccn4)n3)nc2o1. The van der Waals surface area contributed by atoms with Crippen LogP contribution in [0.15, 0.2) is 69.1 Å². The van der Waals surface area contributed by atoms with Crippen molar-refractivity contribution in [2.45, 2.75) is 103 Å². The third-order valence-corrected chi connectivity index (χ3v) is 11.2. The predicted octanol–water partition coefficient (Wildman–Crippen LogP) is 6.49. The molecule has 3 saturated carbocycles. The lowest BCUT2D eigenvalue weighted by Crippen LogP contribution is -2.17. The molecule has 6 heterocycles.